The molecule has 0 aromatic heterocycles. The third-order valence-corrected chi connectivity index (χ3v) is 4.41. The van der Waals surface area contributed by atoms with Gasteiger partial charge in [-0.2, -0.15) is 0 Å². The molecule has 0 radical (unpaired) electrons. The molecule has 7 nitrogen and oxygen atoms in total. The molecule has 0 atom stereocenters. The van der Waals surface area contributed by atoms with Gasteiger partial charge in [-0.1, -0.05) is 30.3 Å². The number of rotatable bonds is 5. The average molecular weight is 378 g/mol. The van der Waals surface area contributed by atoms with Crippen LogP contribution in [0.15, 0.2) is 30.3 Å². The van der Waals surface area contributed by atoms with Gasteiger partial charge < -0.3 is 25.2 Å². The Kier molecular flexibility index (Phi) is 7.07. The predicted molar refractivity (Wildman–Crippen MR) is 101 cm³/mol. The fourth-order valence-corrected chi connectivity index (χ4v) is 2.96. The second-order valence-electron chi connectivity index (χ2n) is 8.06. The highest BCUT2D eigenvalue weighted by Crippen LogP contribution is 2.28. The van der Waals surface area contributed by atoms with Crippen molar-refractivity contribution in [2.75, 3.05) is 6.54 Å². The minimum atomic E-state index is -0.988. The minimum Gasteiger partial charge on any atom is -0.445 e. The molecule has 1 aromatic carbocycles. The number of ether oxygens (including phenoxy) is 2. The minimum absolute atomic E-state index is 0.0369. The second kappa shape index (κ2) is 9.08. The van der Waals surface area contributed by atoms with Crippen LogP contribution in [0.3, 0.4) is 0 Å². The van der Waals surface area contributed by atoms with E-state index in [9.17, 15) is 14.7 Å². The molecule has 0 heterocycles. The summed E-state index contributed by atoms with van der Waals surface area (Å²) in [6.45, 7) is 5.75. The van der Waals surface area contributed by atoms with Gasteiger partial charge in [0.15, 0.2) is 0 Å². The quantitative estimate of drug-likeness (QED) is 0.731. The van der Waals surface area contributed by atoms with Gasteiger partial charge >= 0.3 is 12.2 Å². The van der Waals surface area contributed by atoms with Crippen molar-refractivity contribution in [3.05, 3.63) is 35.9 Å². The van der Waals surface area contributed by atoms with Crippen molar-refractivity contribution in [3.8, 4) is 0 Å². The topological polar surface area (TPSA) is 96.9 Å². The van der Waals surface area contributed by atoms with Crippen molar-refractivity contribution >= 4 is 12.2 Å². The lowest BCUT2D eigenvalue weighted by Crippen LogP contribution is -2.49. The molecule has 0 spiro atoms. The number of hydrogen-bond acceptors (Lipinski definition) is 5. The lowest BCUT2D eigenvalue weighted by Gasteiger charge is -2.36. The van der Waals surface area contributed by atoms with E-state index in [1.54, 1.807) is 0 Å². The molecule has 1 aliphatic carbocycles. The van der Waals surface area contributed by atoms with Crippen LogP contribution in [0.4, 0.5) is 9.59 Å². The van der Waals surface area contributed by atoms with E-state index < -0.39 is 23.4 Å². The van der Waals surface area contributed by atoms with E-state index in [4.69, 9.17) is 9.47 Å². The summed E-state index contributed by atoms with van der Waals surface area (Å²) in [6.07, 6.45) is 1.20. The van der Waals surface area contributed by atoms with Gasteiger partial charge in [0.25, 0.3) is 0 Å². The normalized spacial score (nSPS) is 22.6. The van der Waals surface area contributed by atoms with Gasteiger partial charge in [-0.15, -0.1) is 0 Å². The van der Waals surface area contributed by atoms with Crippen LogP contribution in [0.25, 0.3) is 0 Å². The molecule has 1 aromatic rings. The molecule has 150 valence electrons. The molecule has 3 N–H and O–H groups in total. The van der Waals surface area contributed by atoms with Gasteiger partial charge in [-0.3, -0.25) is 0 Å². The van der Waals surface area contributed by atoms with Crippen LogP contribution in [0.2, 0.25) is 0 Å². The summed E-state index contributed by atoms with van der Waals surface area (Å²) in [5.74, 6) is 0. The monoisotopic (exact) mass is 378 g/mol. The van der Waals surface area contributed by atoms with Gasteiger partial charge in [-0.25, -0.2) is 9.59 Å². The van der Waals surface area contributed by atoms with Gasteiger partial charge in [0, 0.05) is 12.6 Å². The highest BCUT2D eigenvalue weighted by Gasteiger charge is 2.34. The summed E-state index contributed by atoms with van der Waals surface area (Å²) in [5.41, 5.74) is -0.624. The first-order valence-corrected chi connectivity index (χ1v) is 9.32. The molecule has 2 rings (SSSR count). The first kappa shape index (κ1) is 21.0. The van der Waals surface area contributed by atoms with Crippen LogP contribution in [0, 0.1) is 0 Å². The van der Waals surface area contributed by atoms with E-state index in [1.165, 1.54) is 0 Å². The Morgan fingerprint density at radius 2 is 1.78 bits per heavy atom. The van der Waals surface area contributed by atoms with Crippen molar-refractivity contribution in [2.24, 2.45) is 0 Å². The molecule has 27 heavy (non-hydrogen) atoms. The summed E-state index contributed by atoms with van der Waals surface area (Å²) in [7, 11) is 0. The summed E-state index contributed by atoms with van der Waals surface area (Å²) in [4.78, 5) is 23.6. The Hall–Kier alpha value is -2.28. The van der Waals surface area contributed by atoms with E-state index in [0.717, 1.165) is 5.56 Å². The molecule has 2 amide bonds. The maximum atomic E-state index is 11.8. The van der Waals surface area contributed by atoms with Gasteiger partial charge in [0.1, 0.15) is 12.2 Å². The van der Waals surface area contributed by atoms with E-state index in [0.29, 0.717) is 25.7 Å². The number of benzene rings is 1. The Balaban J connectivity index is 1.67. The number of amides is 2. The zero-order valence-electron chi connectivity index (χ0n) is 16.3. The zero-order valence-corrected chi connectivity index (χ0v) is 16.3. The molecular formula is C20H30N2O5. The highest BCUT2D eigenvalue weighted by atomic mass is 16.6. The van der Waals surface area contributed by atoms with E-state index >= 15 is 0 Å². The van der Waals surface area contributed by atoms with Crippen LogP contribution < -0.4 is 10.6 Å². The van der Waals surface area contributed by atoms with E-state index in [1.807, 2.05) is 51.1 Å². The van der Waals surface area contributed by atoms with Crippen LogP contribution in [0.5, 0.6) is 0 Å². The number of aliphatic hydroxyl groups is 1. The molecule has 0 bridgehead atoms. The summed E-state index contributed by atoms with van der Waals surface area (Å²) >= 11 is 0. The fraction of sp³-hybridized carbons (Fsp3) is 0.600. The second-order valence-corrected chi connectivity index (χ2v) is 8.06. The Labute approximate surface area is 160 Å². The summed E-state index contributed by atoms with van der Waals surface area (Å²) in [6, 6.07) is 9.36. The smallest absolute Gasteiger partial charge is 0.407 e. The fourth-order valence-electron chi connectivity index (χ4n) is 2.96. The van der Waals surface area contributed by atoms with Crippen molar-refractivity contribution in [2.45, 2.75) is 70.3 Å². The van der Waals surface area contributed by atoms with Crippen molar-refractivity contribution in [1.82, 2.24) is 10.6 Å². The first-order valence-electron chi connectivity index (χ1n) is 9.32. The standard InChI is InChI=1S/C20H30N2O5/c1-19(2,3)27-18(24)22-16-9-11-20(25,12-10-16)14-21-17(23)26-13-15-7-5-4-6-8-15/h4-8,16,25H,9-14H2,1-3H3,(H,21,23)(H,22,24). The number of carbonyl (C=O) groups is 2. The van der Waals surface area contributed by atoms with Crippen molar-refractivity contribution in [3.63, 3.8) is 0 Å². The van der Waals surface area contributed by atoms with E-state index in [2.05, 4.69) is 10.6 Å². The SMILES string of the molecule is CC(C)(C)OC(=O)NC1CCC(O)(CNC(=O)OCc2ccccc2)CC1. The maximum absolute atomic E-state index is 11.8. The molecule has 0 aliphatic heterocycles. The third-order valence-electron chi connectivity index (χ3n) is 4.41. The Morgan fingerprint density at radius 1 is 1.15 bits per heavy atom. The van der Waals surface area contributed by atoms with Crippen molar-refractivity contribution < 1.29 is 24.2 Å². The van der Waals surface area contributed by atoms with Gasteiger partial charge in [-0.05, 0) is 52.0 Å². The Bertz CT molecular complexity index is 619. The molecule has 1 saturated carbocycles. The molecule has 7 heteroatoms. The van der Waals surface area contributed by atoms with Crippen molar-refractivity contribution in [1.29, 1.82) is 0 Å². The number of hydrogen-bond donors (Lipinski definition) is 3. The maximum Gasteiger partial charge on any atom is 0.407 e. The molecule has 1 aliphatic rings. The van der Waals surface area contributed by atoms with Crippen LogP contribution in [0.1, 0.15) is 52.0 Å². The van der Waals surface area contributed by atoms with Gasteiger partial charge in [0.05, 0.1) is 5.60 Å². The highest BCUT2D eigenvalue weighted by molar-refractivity contribution is 5.68. The average Bonchev–Trinajstić information content (AvgIpc) is 2.60. The number of nitrogens with one attached hydrogen (secondary N) is 2. The van der Waals surface area contributed by atoms with Gasteiger partial charge in [0.2, 0.25) is 0 Å². The molecule has 1 fully saturated rings. The first-order chi connectivity index (χ1) is 12.7. The lowest BCUT2D eigenvalue weighted by molar-refractivity contribution is -0.00559. The predicted octanol–water partition coefficient (Wildman–Crippen LogP) is 3.11. The van der Waals surface area contributed by atoms with E-state index in [-0.39, 0.29) is 19.2 Å². The van der Waals surface area contributed by atoms with Crippen LogP contribution in [-0.2, 0) is 16.1 Å². The number of carbonyl (C=O) groups excluding carboxylic acids is 2. The molecular weight excluding hydrogens is 348 g/mol. The largest absolute Gasteiger partial charge is 0.445 e. The summed E-state index contributed by atoms with van der Waals surface area (Å²) < 4.78 is 10.4. The van der Waals surface area contributed by atoms with Crippen LogP contribution >= 0.6 is 0 Å². The molecule has 0 unspecified atom stereocenters. The molecule has 0 saturated heterocycles. The third kappa shape index (κ3) is 7.86. The number of alkyl carbamates (subject to hydrolysis) is 2. The Morgan fingerprint density at radius 3 is 2.37 bits per heavy atom. The zero-order chi connectivity index (χ0) is 19.9. The lowest BCUT2D eigenvalue weighted by atomic mass is 9.82. The van der Waals surface area contributed by atoms with Crippen LogP contribution in [-0.4, -0.2) is 41.1 Å². The summed E-state index contributed by atoms with van der Waals surface area (Å²) in [5, 5.41) is 16.1.